The molecular weight excluding hydrogens is 280 g/mol. The number of halogens is 3. The van der Waals surface area contributed by atoms with E-state index in [1.807, 2.05) is 6.92 Å². The molecule has 0 aliphatic heterocycles. The van der Waals surface area contributed by atoms with Gasteiger partial charge < -0.3 is 5.32 Å². The molecule has 0 saturated heterocycles. The molecule has 0 aliphatic rings. The summed E-state index contributed by atoms with van der Waals surface area (Å²) in [5.74, 6) is 0.290. The van der Waals surface area contributed by atoms with E-state index in [9.17, 15) is 4.79 Å². The Labute approximate surface area is 116 Å². The lowest BCUT2D eigenvalue weighted by Gasteiger charge is -2.26. The van der Waals surface area contributed by atoms with Crippen molar-refractivity contribution in [2.24, 2.45) is 0 Å². The highest BCUT2D eigenvalue weighted by Gasteiger charge is 2.25. The molecule has 0 aliphatic carbocycles. The molecule has 1 aromatic rings. The first-order chi connectivity index (χ1) is 7.91. The normalized spacial score (nSPS) is 11.4. The molecule has 1 N–H and O–H groups in total. The maximum absolute atomic E-state index is 12.1. The van der Waals surface area contributed by atoms with E-state index in [2.05, 4.69) is 5.32 Å². The van der Waals surface area contributed by atoms with Crippen LogP contribution in [0.3, 0.4) is 0 Å². The quantitative estimate of drug-likeness (QED) is 0.844. The van der Waals surface area contributed by atoms with Gasteiger partial charge in [0.15, 0.2) is 0 Å². The van der Waals surface area contributed by atoms with E-state index >= 15 is 0 Å². The van der Waals surface area contributed by atoms with Crippen LogP contribution in [0.2, 0.25) is 5.02 Å². The maximum Gasteiger partial charge on any atom is 0.252 e. The van der Waals surface area contributed by atoms with Crippen molar-refractivity contribution in [3.05, 3.63) is 34.3 Å². The molecule has 0 radical (unpaired) electrons. The standard InChI is InChI=1S/C12H14Cl3NO/c1-8-3-4-9(15)5-10(8)11(17)16-12(2,6-13)7-14/h3-5H,6-7H2,1-2H3,(H,16,17). The van der Waals surface area contributed by atoms with E-state index in [1.54, 1.807) is 25.1 Å². The van der Waals surface area contributed by atoms with Crippen LogP contribution < -0.4 is 5.32 Å². The number of aryl methyl sites for hydroxylation is 1. The predicted molar refractivity (Wildman–Crippen MR) is 73.5 cm³/mol. The lowest BCUT2D eigenvalue weighted by atomic mass is 10.0. The van der Waals surface area contributed by atoms with E-state index < -0.39 is 5.54 Å². The van der Waals surface area contributed by atoms with Crippen molar-refractivity contribution < 1.29 is 4.79 Å². The number of amides is 1. The Morgan fingerprint density at radius 2 is 1.94 bits per heavy atom. The highest BCUT2D eigenvalue weighted by Crippen LogP contribution is 2.17. The van der Waals surface area contributed by atoms with Crippen LogP contribution in [0, 0.1) is 6.92 Å². The molecule has 0 saturated carbocycles. The summed E-state index contributed by atoms with van der Waals surface area (Å²) < 4.78 is 0. The third kappa shape index (κ3) is 3.77. The van der Waals surface area contributed by atoms with Crippen molar-refractivity contribution in [2.75, 3.05) is 11.8 Å². The van der Waals surface area contributed by atoms with Crippen molar-refractivity contribution in [1.82, 2.24) is 5.32 Å². The number of rotatable bonds is 4. The van der Waals surface area contributed by atoms with Gasteiger partial charge in [-0.25, -0.2) is 0 Å². The van der Waals surface area contributed by atoms with Gasteiger partial charge in [0.25, 0.3) is 5.91 Å². The zero-order chi connectivity index (χ0) is 13.1. The summed E-state index contributed by atoms with van der Waals surface area (Å²) in [6.45, 7) is 3.65. The van der Waals surface area contributed by atoms with Gasteiger partial charge in [-0.3, -0.25) is 4.79 Å². The van der Waals surface area contributed by atoms with Gasteiger partial charge in [0.1, 0.15) is 0 Å². The first kappa shape index (κ1) is 14.6. The molecule has 1 rings (SSSR count). The summed E-state index contributed by atoms with van der Waals surface area (Å²) in [4.78, 5) is 12.1. The second-order valence-electron chi connectivity index (χ2n) is 4.24. The smallest absolute Gasteiger partial charge is 0.252 e. The topological polar surface area (TPSA) is 29.1 Å². The average Bonchev–Trinajstić information content (AvgIpc) is 2.32. The molecule has 0 atom stereocenters. The molecule has 17 heavy (non-hydrogen) atoms. The van der Waals surface area contributed by atoms with Gasteiger partial charge in [0.05, 0.1) is 5.54 Å². The lowest BCUT2D eigenvalue weighted by molar-refractivity contribution is 0.0921. The molecule has 94 valence electrons. The largest absolute Gasteiger partial charge is 0.344 e. The number of nitrogens with one attached hydrogen (secondary N) is 1. The summed E-state index contributed by atoms with van der Waals surface area (Å²) in [5, 5.41) is 3.34. The zero-order valence-corrected chi connectivity index (χ0v) is 12.0. The van der Waals surface area contributed by atoms with E-state index in [4.69, 9.17) is 34.8 Å². The summed E-state index contributed by atoms with van der Waals surface area (Å²) in [7, 11) is 0. The summed E-state index contributed by atoms with van der Waals surface area (Å²) >= 11 is 17.4. The van der Waals surface area contributed by atoms with Gasteiger partial charge in [-0.2, -0.15) is 0 Å². The Kier molecular flexibility index (Phi) is 5.11. The van der Waals surface area contributed by atoms with Gasteiger partial charge in [0.2, 0.25) is 0 Å². The van der Waals surface area contributed by atoms with Gasteiger partial charge in [-0.05, 0) is 31.5 Å². The number of hydrogen-bond acceptors (Lipinski definition) is 1. The molecule has 0 bridgehead atoms. The average molecular weight is 295 g/mol. The highest BCUT2D eigenvalue weighted by molar-refractivity contribution is 6.31. The summed E-state index contributed by atoms with van der Waals surface area (Å²) in [5.41, 5.74) is 0.784. The first-order valence-corrected chi connectivity index (χ1v) is 6.57. The SMILES string of the molecule is Cc1ccc(Cl)cc1C(=O)NC(C)(CCl)CCl. The van der Waals surface area contributed by atoms with Crippen LogP contribution in [0.5, 0.6) is 0 Å². The van der Waals surface area contributed by atoms with E-state index in [0.29, 0.717) is 10.6 Å². The molecule has 0 unspecified atom stereocenters. The summed E-state index contributed by atoms with van der Waals surface area (Å²) in [6.07, 6.45) is 0. The number of hydrogen-bond donors (Lipinski definition) is 1. The molecule has 2 nitrogen and oxygen atoms in total. The number of carbonyl (C=O) groups is 1. The molecule has 0 heterocycles. The van der Waals surface area contributed by atoms with Crippen LogP contribution in [0.15, 0.2) is 18.2 Å². The van der Waals surface area contributed by atoms with E-state index in [1.165, 1.54) is 0 Å². The van der Waals surface area contributed by atoms with E-state index in [0.717, 1.165) is 5.56 Å². The van der Waals surface area contributed by atoms with Crippen molar-refractivity contribution in [3.8, 4) is 0 Å². The number of benzene rings is 1. The fourth-order valence-corrected chi connectivity index (χ4v) is 1.87. The monoisotopic (exact) mass is 293 g/mol. The number of carbonyl (C=O) groups excluding carboxylic acids is 1. The second kappa shape index (κ2) is 5.94. The van der Waals surface area contributed by atoms with Gasteiger partial charge in [-0.1, -0.05) is 17.7 Å². The Balaban J connectivity index is 2.94. The van der Waals surface area contributed by atoms with Crippen LogP contribution in [0.25, 0.3) is 0 Å². The van der Waals surface area contributed by atoms with Crippen LogP contribution in [0.1, 0.15) is 22.8 Å². The molecule has 0 aromatic heterocycles. The van der Waals surface area contributed by atoms with Crippen LogP contribution in [0.4, 0.5) is 0 Å². The van der Waals surface area contributed by atoms with Crippen LogP contribution in [-0.4, -0.2) is 23.2 Å². The van der Waals surface area contributed by atoms with Crippen molar-refractivity contribution in [2.45, 2.75) is 19.4 Å². The first-order valence-electron chi connectivity index (χ1n) is 5.12. The van der Waals surface area contributed by atoms with Gasteiger partial charge >= 0.3 is 0 Å². The van der Waals surface area contributed by atoms with Gasteiger partial charge in [0, 0.05) is 22.3 Å². The van der Waals surface area contributed by atoms with Crippen LogP contribution in [-0.2, 0) is 0 Å². The van der Waals surface area contributed by atoms with E-state index in [-0.39, 0.29) is 17.7 Å². The second-order valence-corrected chi connectivity index (χ2v) is 5.21. The maximum atomic E-state index is 12.1. The Morgan fingerprint density at radius 1 is 1.35 bits per heavy atom. The van der Waals surface area contributed by atoms with Crippen molar-refractivity contribution in [3.63, 3.8) is 0 Å². The minimum absolute atomic E-state index is 0.214. The highest BCUT2D eigenvalue weighted by atomic mass is 35.5. The Hall–Kier alpha value is -0.440. The third-order valence-electron chi connectivity index (χ3n) is 2.45. The number of alkyl halides is 2. The molecule has 0 spiro atoms. The molecule has 5 heteroatoms. The minimum atomic E-state index is -0.616. The van der Waals surface area contributed by atoms with Crippen LogP contribution >= 0.6 is 34.8 Å². The fraction of sp³-hybridized carbons (Fsp3) is 0.417. The van der Waals surface area contributed by atoms with Crippen molar-refractivity contribution in [1.29, 1.82) is 0 Å². The third-order valence-corrected chi connectivity index (χ3v) is 3.86. The molecule has 1 aromatic carbocycles. The lowest BCUT2D eigenvalue weighted by Crippen LogP contribution is -2.49. The van der Waals surface area contributed by atoms with Gasteiger partial charge in [-0.15, -0.1) is 23.2 Å². The Bertz CT molecular complexity index is 416. The zero-order valence-electron chi connectivity index (χ0n) is 9.69. The fourth-order valence-electron chi connectivity index (χ4n) is 1.28. The van der Waals surface area contributed by atoms with Crippen molar-refractivity contribution >= 4 is 40.7 Å². The molecule has 1 amide bonds. The molecule has 0 fully saturated rings. The predicted octanol–water partition coefficient (Wildman–Crippen LogP) is 3.61. The minimum Gasteiger partial charge on any atom is -0.344 e. The summed E-state index contributed by atoms with van der Waals surface area (Å²) in [6, 6.07) is 5.18. The Morgan fingerprint density at radius 3 is 2.47 bits per heavy atom. The molecular formula is C12H14Cl3NO.